The number of thiophene rings is 1. The van der Waals surface area contributed by atoms with Crippen molar-refractivity contribution >= 4 is 28.9 Å². The second-order valence-corrected chi connectivity index (χ2v) is 7.68. The molecular formula is C20H19N3O5S. The molecule has 0 unspecified atom stereocenters. The highest BCUT2D eigenvalue weighted by Crippen LogP contribution is 2.16. The fraction of sp³-hybridized carbons (Fsp3) is 0.200. The maximum atomic E-state index is 12.6. The van der Waals surface area contributed by atoms with Gasteiger partial charge in [-0.15, -0.1) is 11.3 Å². The summed E-state index contributed by atoms with van der Waals surface area (Å²) in [5.74, 6) is -1.69. The number of Topliss-reactive ketones (excluding diaryl/α,β-unsaturated/α-hetero) is 1. The monoisotopic (exact) mass is 413 g/mol. The molecule has 0 bridgehead atoms. The molecule has 3 rings (SSSR count). The minimum absolute atomic E-state index is 0.0914. The molecule has 0 saturated heterocycles. The molecule has 9 heteroatoms. The Labute approximate surface area is 169 Å². The molecule has 0 aliphatic heterocycles. The Bertz CT molecular complexity index is 1190. The molecule has 0 saturated carbocycles. The lowest BCUT2D eigenvalue weighted by atomic mass is 10.2. The first-order chi connectivity index (χ1) is 13.8. The number of nitrogens with two attached hydrogens (primary N) is 1. The van der Waals surface area contributed by atoms with E-state index in [1.165, 1.54) is 18.4 Å². The maximum absolute atomic E-state index is 12.6. The van der Waals surface area contributed by atoms with Crippen LogP contribution in [-0.2, 0) is 18.3 Å². The highest BCUT2D eigenvalue weighted by molar-refractivity contribution is 7.13. The molecule has 8 nitrogen and oxygen atoms in total. The number of benzene rings is 1. The van der Waals surface area contributed by atoms with Crippen molar-refractivity contribution in [2.45, 2.75) is 13.5 Å². The van der Waals surface area contributed by atoms with Gasteiger partial charge in [0.2, 0.25) is 5.78 Å². The van der Waals surface area contributed by atoms with Gasteiger partial charge in [0.1, 0.15) is 16.3 Å². The van der Waals surface area contributed by atoms with E-state index in [0.717, 1.165) is 19.6 Å². The second kappa shape index (κ2) is 8.27. The van der Waals surface area contributed by atoms with Gasteiger partial charge in [0, 0.05) is 11.9 Å². The smallest absolute Gasteiger partial charge is 0.348 e. The van der Waals surface area contributed by atoms with Crippen LogP contribution in [0.25, 0.3) is 0 Å². The van der Waals surface area contributed by atoms with Crippen LogP contribution in [0.2, 0.25) is 0 Å². The number of carbonyl (C=O) groups excluding carboxylic acids is 2. The van der Waals surface area contributed by atoms with Crippen LogP contribution < -0.4 is 17.0 Å². The normalized spacial score (nSPS) is 10.7. The second-order valence-electron chi connectivity index (χ2n) is 6.39. The average molecular weight is 413 g/mol. The van der Waals surface area contributed by atoms with Gasteiger partial charge in [-0.05, 0) is 24.6 Å². The number of ether oxygens (including phenoxy) is 1. The van der Waals surface area contributed by atoms with Gasteiger partial charge in [0.05, 0.1) is 6.54 Å². The van der Waals surface area contributed by atoms with E-state index in [1.807, 2.05) is 13.0 Å². The first kappa shape index (κ1) is 20.3. The van der Waals surface area contributed by atoms with Gasteiger partial charge in [-0.1, -0.05) is 30.3 Å². The molecule has 0 aliphatic rings. The molecular weight excluding hydrogens is 394 g/mol. The van der Waals surface area contributed by atoms with Crippen molar-refractivity contribution in [3.63, 3.8) is 0 Å². The number of nitrogens with zero attached hydrogens (tertiary/aromatic N) is 2. The van der Waals surface area contributed by atoms with Crippen LogP contribution in [0.5, 0.6) is 0 Å². The molecule has 0 radical (unpaired) electrons. The van der Waals surface area contributed by atoms with E-state index in [-0.39, 0.29) is 17.9 Å². The fourth-order valence-corrected chi connectivity index (χ4v) is 3.54. The molecule has 3 aromatic rings. The van der Waals surface area contributed by atoms with Gasteiger partial charge >= 0.3 is 11.7 Å². The number of hydrogen-bond acceptors (Lipinski definition) is 7. The van der Waals surface area contributed by atoms with Gasteiger partial charge in [-0.2, -0.15) is 0 Å². The van der Waals surface area contributed by atoms with Crippen LogP contribution in [0.3, 0.4) is 0 Å². The number of carbonyl (C=O) groups is 2. The zero-order valence-corrected chi connectivity index (χ0v) is 16.7. The Morgan fingerprint density at radius 1 is 1.10 bits per heavy atom. The van der Waals surface area contributed by atoms with Gasteiger partial charge < -0.3 is 10.5 Å². The predicted octanol–water partition coefficient (Wildman–Crippen LogP) is 1.59. The summed E-state index contributed by atoms with van der Waals surface area (Å²) in [5.41, 5.74) is 4.94. The first-order valence-corrected chi connectivity index (χ1v) is 9.51. The van der Waals surface area contributed by atoms with Crippen LogP contribution in [0.4, 0.5) is 5.82 Å². The van der Waals surface area contributed by atoms with E-state index in [2.05, 4.69) is 0 Å². The van der Waals surface area contributed by atoms with Crippen molar-refractivity contribution in [3.8, 4) is 0 Å². The van der Waals surface area contributed by atoms with Crippen molar-refractivity contribution in [1.29, 1.82) is 0 Å². The summed E-state index contributed by atoms with van der Waals surface area (Å²) in [6.07, 6.45) is 0. The summed E-state index contributed by atoms with van der Waals surface area (Å²) in [6, 6.07) is 12.4. The maximum Gasteiger partial charge on any atom is 0.348 e. The van der Waals surface area contributed by atoms with E-state index in [4.69, 9.17) is 10.5 Å². The molecule has 0 fully saturated rings. The van der Waals surface area contributed by atoms with Crippen molar-refractivity contribution in [3.05, 3.63) is 84.2 Å². The van der Waals surface area contributed by atoms with E-state index in [9.17, 15) is 19.2 Å². The van der Waals surface area contributed by atoms with Crippen LogP contribution in [-0.4, -0.2) is 27.5 Å². The third-order valence-corrected chi connectivity index (χ3v) is 5.30. The van der Waals surface area contributed by atoms with Crippen LogP contribution in [0.1, 0.15) is 30.5 Å². The summed E-state index contributed by atoms with van der Waals surface area (Å²) in [6.45, 7) is 1.28. The van der Waals surface area contributed by atoms with Gasteiger partial charge in [0.15, 0.2) is 6.61 Å². The average Bonchev–Trinajstić information content (AvgIpc) is 3.15. The Balaban J connectivity index is 1.90. The van der Waals surface area contributed by atoms with Crippen molar-refractivity contribution in [1.82, 2.24) is 9.13 Å². The lowest BCUT2D eigenvalue weighted by Crippen LogP contribution is -2.43. The molecule has 2 N–H and O–H groups in total. The molecule has 29 heavy (non-hydrogen) atoms. The summed E-state index contributed by atoms with van der Waals surface area (Å²) >= 11 is 1.24. The fourth-order valence-electron chi connectivity index (χ4n) is 2.78. The number of hydrogen-bond donors (Lipinski definition) is 1. The first-order valence-electron chi connectivity index (χ1n) is 8.69. The van der Waals surface area contributed by atoms with Crippen molar-refractivity contribution < 1.29 is 14.3 Å². The molecule has 1 aromatic carbocycles. The number of anilines is 1. The third-order valence-electron chi connectivity index (χ3n) is 4.32. The molecule has 2 heterocycles. The lowest BCUT2D eigenvalue weighted by molar-refractivity contribution is 0.0479. The number of nitrogen functional groups attached to an aromatic ring is 1. The minimum Gasteiger partial charge on any atom is -0.453 e. The highest BCUT2D eigenvalue weighted by Gasteiger charge is 2.23. The Morgan fingerprint density at radius 2 is 1.79 bits per heavy atom. The molecule has 0 amide bonds. The molecule has 2 aromatic heterocycles. The summed E-state index contributed by atoms with van der Waals surface area (Å²) in [7, 11) is 1.27. The highest BCUT2D eigenvalue weighted by atomic mass is 32.1. The largest absolute Gasteiger partial charge is 0.453 e. The van der Waals surface area contributed by atoms with E-state index < -0.39 is 29.6 Å². The van der Waals surface area contributed by atoms with Crippen LogP contribution in [0.15, 0.2) is 52.1 Å². The summed E-state index contributed by atoms with van der Waals surface area (Å²) in [4.78, 5) is 50.9. The molecule has 0 spiro atoms. The predicted molar refractivity (Wildman–Crippen MR) is 110 cm³/mol. The zero-order valence-electron chi connectivity index (χ0n) is 15.9. The zero-order chi connectivity index (χ0) is 21.1. The van der Waals surface area contributed by atoms with Gasteiger partial charge in [-0.25, -0.2) is 9.59 Å². The number of ketones is 1. The van der Waals surface area contributed by atoms with E-state index in [0.29, 0.717) is 4.88 Å². The lowest BCUT2D eigenvalue weighted by Gasteiger charge is -2.14. The van der Waals surface area contributed by atoms with Crippen molar-refractivity contribution in [2.24, 2.45) is 7.05 Å². The van der Waals surface area contributed by atoms with Crippen molar-refractivity contribution in [2.75, 3.05) is 12.3 Å². The Morgan fingerprint density at radius 3 is 2.41 bits per heavy atom. The van der Waals surface area contributed by atoms with Gasteiger partial charge in [-0.3, -0.25) is 18.7 Å². The minimum atomic E-state index is -0.829. The van der Waals surface area contributed by atoms with E-state index in [1.54, 1.807) is 36.4 Å². The number of rotatable bonds is 6. The molecule has 0 aliphatic carbocycles. The van der Waals surface area contributed by atoms with Gasteiger partial charge in [0.25, 0.3) is 5.56 Å². The Hall–Kier alpha value is -3.46. The van der Waals surface area contributed by atoms with Crippen LogP contribution >= 0.6 is 11.3 Å². The van der Waals surface area contributed by atoms with E-state index >= 15 is 0 Å². The topological polar surface area (TPSA) is 113 Å². The quantitative estimate of drug-likeness (QED) is 0.485. The molecule has 150 valence electrons. The molecule has 0 atom stereocenters. The summed E-state index contributed by atoms with van der Waals surface area (Å²) in [5, 5.41) is 0. The summed E-state index contributed by atoms with van der Waals surface area (Å²) < 4.78 is 6.99. The number of aromatic nitrogens is 2. The number of aryl methyl sites for hydroxylation is 1. The number of esters is 1. The third kappa shape index (κ3) is 4.19. The standard InChI is InChI=1S/C20H19N3O5S/c1-12-8-9-15(29-12)19(26)28-11-14(24)16-17(21)23(20(27)22(2)18(16)25)10-13-6-4-3-5-7-13/h3-9H,10-11,21H2,1-2H3. The van der Waals surface area contributed by atoms with Crippen LogP contribution in [0, 0.1) is 6.92 Å². The Kier molecular flexibility index (Phi) is 5.79. The SMILES string of the molecule is Cc1ccc(C(=O)OCC(=O)c2c(N)n(Cc3ccccc3)c(=O)n(C)c2=O)s1.